The number of piperidine rings is 2. The van der Waals surface area contributed by atoms with E-state index in [0.717, 1.165) is 43.3 Å². The average Bonchev–Trinajstić information content (AvgIpc) is 2.99. The van der Waals surface area contributed by atoms with E-state index in [-0.39, 0.29) is 34.1 Å². The first-order chi connectivity index (χ1) is 20.4. The molecule has 2 aliphatic rings. The van der Waals surface area contributed by atoms with Crippen LogP contribution in [0.2, 0.25) is 5.02 Å². The Morgan fingerprint density at radius 3 is 2.33 bits per heavy atom. The molecule has 0 saturated carbocycles. The molecule has 0 spiro atoms. The minimum Gasteiger partial charge on any atom is -0.371 e. The van der Waals surface area contributed by atoms with E-state index >= 15 is 0 Å². The van der Waals surface area contributed by atoms with E-state index in [0.29, 0.717) is 23.0 Å². The number of likely N-dealkylation sites (tertiary alicyclic amines) is 1. The van der Waals surface area contributed by atoms with Gasteiger partial charge in [-0.05, 0) is 68.1 Å². The summed E-state index contributed by atoms with van der Waals surface area (Å²) in [7, 11) is -0.833. The summed E-state index contributed by atoms with van der Waals surface area (Å²) in [6.07, 6.45) is 2.36. The van der Waals surface area contributed by atoms with E-state index in [1.807, 2.05) is 0 Å². The van der Waals surface area contributed by atoms with E-state index in [1.54, 1.807) is 24.3 Å². The van der Waals surface area contributed by atoms with Gasteiger partial charge >= 0.3 is 6.18 Å². The number of sulfonamides is 1. The predicted molar refractivity (Wildman–Crippen MR) is 162 cm³/mol. The molecule has 0 unspecified atom stereocenters. The highest BCUT2D eigenvalue weighted by Gasteiger charge is 2.35. The molecule has 0 atom stereocenters. The zero-order valence-corrected chi connectivity index (χ0v) is 26.0. The van der Waals surface area contributed by atoms with Crippen molar-refractivity contribution in [2.45, 2.75) is 62.1 Å². The predicted octanol–water partition coefficient (Wildman–Crippen LogP) is 6.04. The van der Waals surface area contributed by atoms with Crippen LogP contribution in [0.3, 0.4) is 0 Å². The molecule has 232 valence electrons. The Bertz CT molecular complexity index is 1540. The van der Waals surface area contributed by atoms with E-state index in [9.17, 15) is 21.6 Å². The summed E-state index contributed by atoms with van der Waals surface area (Å²) in [5.74, 6) is 0.174. The largest absolute Gasteiger partial charge is 0.416 e. The van der Waals surface area contributed by atoms with Crippen LogP contribution in [0.15, 0.2) is 53.6 Å². The summed E-state index contributed by atoms with van der Waals surface area (Å²) >= 11 is 6.38. The van der Waals surface area contributed by atoms with Crippen LogP contribution >= 0.6 is 11.6 Å². The van der Waals surface area contributed by atoms with Crippen LogP contribution in [0.25, 0.3) is 0 Å². The molecule has 1 aromatic heterocycles. The molecular weight excluding hydrogens is 599 g/mol. The standard InChI is InChI=1S/C31H37ClF3N5O2S/c1-38(2)43(41,42)29-9-5-4-8-23(29)18-28-27(32)21-36-30(37-28)19-22-10-11-25(20-26(22)31(33,34)35)40-16-12-24(13-17-40)39-14-6-3-7-15-39/h4-5,8-11,20-21,24H,3,6-7,12-19H2,1-2H3. The second kappa shape index (κ2) is 13.1. The Hall–Kier alpha value is -2.73. The molecule has 2 saturated heterocycles. The highest BCUT2D eigenvalue weighted by atomic mass is 35.5. The van der Waals surface area contributed by atoms with Gasteiger partial charge in [0.05, 0.1) is 21.2 Å². The van der Waals surface area contributed by atoms with Crippen molar-refractivity contribution in [2.75, 3.05) is 45.2 Å². The summed E-state index contributed by atoms with van der Waals surface area (Å²) in [6, 6.07) is 11.5. The maximum Gasteiger partial charge on any atom is 0.416 e. The van der Waals surface area contributed by atoms with Gasteiger partial charge in [-0.1, -0.05) is 42.3 Å². The Morgan fingerprint density at radius 2 is 1.65 bits per heavy atom. The fourth-order valence-corrected chi connectivity index (χ4v) is 7.33. The van der Waals surface area contributed by atoms with Gasteiger partial charge in [0.15, 0.2) is 0 Å². The van der Waals surface area contributed by atoms with Gasteiger partial charge in [0.2, 0.25) is 10.0 Å². The van der Waals surface area contributed by atoms with Gasteiger partial charge in [0.25, 0.3) is 0 Å². The number of rotatable bonds is 8. The summed E-state index contributed by atoms with van der Waals surface area (Å²) in [6.45, 7) is 3.69. The number of hydrogen-bond acceptors (Lipinski definition) is 6. The lowest BCUT2D eigenvalue weighted by Crippen LogP contribution is -2.46. The van der Waals surface area contributed by atoms with Crippen LogP contribution in [0, 0.1) is 0 Å². The number of hydrogen-bond donors (Lipinski definition) is 0. The first-order valence-electron chi connectivity index (χ1n) is 14.6. The van der Waals surface area contributed by atoms with Gasteiger partial charge in [0.1, 0.15) is 5.82 Å². The van der Waals surface area contributed by atoms with Crippen molar-refractivity contribution in [1.82, 2.24) is 19.2 Å². The highest BCUT2D eigenvalue weighted by Crippen LogP contribution is 2.36. The third-order valence-corrected chi connectivity index (χ3v) is 10.7. The van der Waals surface area contributed by atoms with Gasteiger partial charge in [0, 0.05) is 58.0 Å². The molecule has 0 N–H and O–H groups in total. The van der Waals surface area contributed by atoms with Gasteiger partial charge in [-0.3, -0.25) is 0 Å². The Morgan fingerprint density at radius 1 is 0.953 bits per heavy atom. The third-order valence-electron chi connectivity index (χ3n) is 8.44. The van der Waals surface area contributed by atoms with Crippen molar-refractivity contribution in [3.63, 3.8) is 0 Å². The molecule has 0 amide bonds. The Kier molecular flexibility index (Phi) is 9.65. The fraction of sp³-hybridized carbons (Fsp3) is 0.484. The van der Waals surface area contributed by atoms with Crippen LogP contribution in [-0.2, 0) is 29.0 Å². The number of aromatic nitrogens is 2. The smallest absolute Gasteiger partial charge is 0.371 e. The molecule has 3 aromatic rings. The van der Waals surface area contributed by atoms with Crippen molar-refractivity contribution in [3.8, 4) is 0 Å². The lowest BCUT2D eigenvalue weighted by molar-refractivity contribution is -0.138. The quantitative estimate of drug-likeness (QED) is 0.301. The van der Waals surface area contributed by atoms with Gasteiger partial charge in [-0.25, -0.2) is 22.7 Å². The first-order valence-corrected chi connectivity index (χ1v) is 16.4. The van der Waals surface area contributed by atoms with E-state index in [2.05, 4.69) is 19.8 Å². The molecule has 0 bridgehead atoms. The lowest BCUT2D eigenvalue weighted by Gasteiger charge is -2.41. The maximum atomic E-state index is 14.3. The van der Waals surface area contributed by atoms with Crippen LogP contribution in [0.4, 0.5) is 18.9 Å². The van der Waals surface area contributed by atoms with E-state index in [4.69, 9.17) is 11.6 Å². The number of alkyl halides is 3. The Labute approximate surface area is 256 Å². The molecule has 2 fully saturated rings. The van der Waals surface area contributed by atoms with Crippen molar-refractivity contribution >= 4 is 27.3 Å². The molecule has 43 heavy (non-hydrogen) atoms. The molecule has 0 aliphatic carbocycles. The first kappa shape index (κ1) is 31.7. The van der Waals surface area contributed by atoms with Crippen LogP contribution in [0.1, 0.15) is 60.3 Å². The molecule has 12 heteroatoms. The fourth-order valence-electron chi connectivity index (χ4n) is 6.05. The molecular formula is C31H37ClF3N5O2S. The highest BCUT2D eigenvalue weighted by molar-refractivity contribution is 7.89. The summed E-state index contributed by atoms with van der Waals surface area (Å²) < 4.78 is 69.7. The maximum absolute atomic E-state index is 14.3. The topological polar surface area (TPSA) is 69.6 Å². The number of benzene rings is 2. The number of nitrogens with zero attached hydrogens (tertiary/aromatic N) is 5. The van der Waals surface area contributed by atoms with Crippen LogP contribution < -0.4 is 4.90 Å². The monoisotopic (exact) mass is 635 g/mol. The summed E-state index contributed by atoms with van der Waals surface area (Å²) in [5, 5.41) is 0.208. The van der Waals surface area contributed by atoms with Gasteiger partial charge < -0.3 is 9.80 Å². The third kappa shape index (κ3) is 7.33. The second-order valence-corrected chi connectivity index (χ2v) is 14.0. The van der Waals surface area contributed by atoms with Gasteiger partial charge in [-0.15, -0.1) is 0 Å². The number of halogens is 4. The zero-order valence-electron chi connectivity index (χ0n) is 24.4. The van der Waals surface area contributed by atoms with Crippen molar-refractivity contribution < 1.29 is 21.6 Å². The van der Waals surface area contributed by atoms with Crippen LogP contribution in [-0.4, -0.2) is 73.9 Å². The minimum atomic E-state index is -4.55. The SMILES string of the molecule is CN(C)S(=O)(=O)c1ccccc1Cc1nc(Cc2ccc(N3CCC(N4CCCCC4)CC3)cc2C(F)(F)F)ncc1Cl. The van der Waals surface area contributed by atoms with Gasteiger partial charge in [-0.2, -0.15) is 13.2 Å². The Balaban J connectivity index is 1.35. The van der Waals surface area contributed by atoms with E-state index in [1.165, 1.54) is 57.8 Å². The second-order valence-electron chi connectivity index (χ2n) is 11.5. The molecule has 2 aliphatic heterocycles. The molecule has 7 nitrogen and oxygen atoms in total. The van der Waals surface area contributed by atoms with E-state index < -0.39 is 21.8 Å². The van der Waals surface area contributed by atoms with Crippen LogP contribution in [0.5, 0.6) is 0 Å². The molecule has 2 aromatic carbocycles. The normalized spacial score (nSPS) is 17.5. The van der Waals surface area contributed by atoms with Crippen molar-refractivity contribution in [2.24, 2.45) is 0 Å². The summed E-state index contributed by atoms with van der Waals surface area (Å²) in [5.41, 5.74) is 0.764. The van der Waals surface area contributed by atoms with Crippen molar-refractivity contribution in [1.29, 1.82) is 0 Å². The molecule has 0 radical (unpaired) electrons. The molecule has 5 rings (SSSR count). The number of anilines is 1. The van der Waals surface area contributed by atoms with Crippen molar-refractivity contribution in [3.05, 3.63) is 81.9 Å². The lowest BCUT2D eigenvalue weighted by atomic mass is 9.98. The average molecular weight is 636 g/mol. The minimum absolute atomic E-state index is 0.0725. The summed E-state index contributed by atoms with van der Waals surface area (Å²) in [4.78, 5) is 13.4. The molecule has 3 heterocycles. The zero-order chi connectivity index (χ0) is 30.8.